The van der Waals surface area contributed by atoms with Crippen molar-refractivity contribution in [2.45, 2.75) is 46.8 Å². The van der Waals surface area contributed by atoms with Gasteiger partial charge in [0.25, 0.3) is 0 Å². The molecule has 2 aromatic heterocycles. The number of aryl methyl sites for hydroxylation is 2. The second kappa shape index (κ2) is 5.57. The Labute approximate surface area is 114 Å². The molecule has 5 heteroatoms. The monoisotopic (exact) mass is 261 g/mol. The van der Waals surface area contributed by atoms with Crippen LogP contribution in [0, 0.1) is 13.8 Å². The van der Waals surface area contributed by atoms with Gasteiger partial charge in [-0.15, -0.1) is 0 Å². The molecule has 1 atom stereocenters. The summed E-state index contributed by atoms with van der Waals surface area (Å²) in [5.74, 6) is 0. The molecular weight excluding hydrogens is 238 g/mol. The Morgan fingerprint density at radius 2 is 1.95 bits per heavy atom. The van der Waals surface area contributed by atoms with E-state index in [9.17, 15) is 0 Å². The fourth-order valence-electron chi connectivity index (χ4n) is 2.30. The minimum absolute atomic E-state index is 0.292. The Morgan fingerprint density at radius 3 is 2.47 bits per heavy atom. The molecule has 0 radical (unpaired) electrons. The van der Waals surface area contributed by atoms with Gasteiger partial charge in [-0.1, -0.05) is 0 Å². The van der Waals surface area contributed by atoms with Crippen LogP contribution in [0.1, 0.15) is 42.4 Å². The standard InChI is InChI=1S/C14H23N5/c1-6-19-12(4)14(9-17-19)10(2)15-7-13-8-16-18(5)11(13)3/h8-10,15H,6-7H2,1-5H3. The topological polar surface area (TPSA) is 47.7 Å². The van der Waals surface area contributed by atoms with Crippen molar-refractivity contribution in [1.82, 2.24) is 24.9 Å². The van der Waals surface area contributed by atoms with E-state index < -0.39 is 0 Å². The van der Waals surface area contributed by atoms with Crippen molar-refractivity contribution in [3.05, 3.63) is 34.9 Å². The number of rotatable bonds is 5. The van der Waals surface area contributed by atoms with Crippen LogP contribution in [-0.2, 0) is 20.1 Å². The van der Waals surface area contributed by atoms with Gasteiger partial charge in [0.1, 0.15) is 0 Å². The van der Waals surface area contributed by atoms with Gasteiger partial charge in [-0.2, -0.15) is 10.2 Å². The summed E-state index contributed by atoms with van der Waals surface area (Å²) in [6, 6.07) is 0.292. The molecule has 2 heterocycles. The predicted molar refractivity (Wildman–Crippen MR) is 75.8 cm³/mol. The first-order chi connectivity index (χ1) is 9.04. The van der Waals surface area contributed by atoms with Crippen LogP contribution in [0.4, 0.5) is 0 Å². The summed E-state index contributed by atoms with van der Waals surface area (Å²) in [5, 5.41) is 12.2. The highest BCUT2D eigenvalue weighted by atomic mass is 15.3. The average Bonchev–Trinajstić information content (AvgIpc) is 2.92. The van der Waals surface area contributed by atoms with Gasteiger partial charge < -0.3 is 5.32 Å². The van der Waals surface area contributed by atoms with E-state index in [0.717, 1.165) is 13.1 Å². The SMILES string of the molecule is CCn1ncc(C(C)NCc2cnn(C)c2C)c1C. The van der Waals surface area contributed by atoms with Crippen LogP contribution in [0.3, 0.4) is 0 Å². The molecule has 1 N–H and O–H groups in total. The van der Waals surface area contributed by atoms with Gasteiger partial charge in [0.15, 0.2) is 0 Å². The number of aromatic nitrogens is 4. The fraction of sp³-hybridized carbons (Fsp3) is 0.571. The van der Waals surface area contributed by atoms with Gasteiger partial charge in [0.05, 0.1) is 12.4 Å². The molecule has 0 saturated heterocycles. The van der Waals surface area contributed by atoms with E-state index in [2.05, 4.69) is 43.2 Å². The van der Waals surface area contributed by atoms with Crippen LogP contribution < -0.4 is 5.32 Å². The van der Waals surface area contributed by atoms with Crippen molar-refractivity contribution in [2.24, 2.45) is 7.05 Å². The summed E-state index contributed by atoms with van der Waals surface area (Å²) >= 11 is 0. The van der Waals surface area contributed by atoms with Crippen LogP contribution in [0.2, 0.25) is 0 Å². The van der Waals surface area contributed by atoms with Crippen molar-refractivity contribution < 1.29 is 0 Å². The highest BCUT2D eigenvalue weighted by Gasteiger charge is 2.13. The first-order valence-electron chi connectivity index (χ1n) is 6.77. The molecule has 104 valence electrons. The molecule has 0 aliphatic carbocycles. The maximum Gasteiger partial charge on any atom is 0.0540 e. The van der Waals surface area contributed by atoms with Crippen molar-refractivity contribution in [1.29, 1.82) is 0 Å². The average molecular weight is 261 g/mol. The molecule has 0 aromatic carbocycles. The molecule has 0 aliphatic heterocycles. The van der Waals surface area contributed by atoms with Crippen molar-refractivity contribution >= 4 is 0 Å². The van der Waals surface area contributed by atoms with E-state index >= 15 is 0 Å². The molecule has 5 nitrogen and oxygen atoms in total. The molecule has 0 spiro atoms. The molecule has 0 aliphatic rings. The molecule has 0 fully saturated rings. The molecule has 2 rings (SSSR count). The summed E-state index contributed by atoms with van der Waals surface area (Å²) in [4.78, 5) is 0. The lowest BCUT2D eigenvalue weighted by molar-refractivity contribution is 0.565. The zero-order chi connectivity index (χ0) is 14.0. The smallest absolute Gasteiger partial charge is 0.0540 e. The Bertz CT molecular complexity index is 552. The summed E-state index contributed by atoms with van der Waals surface area (Å²) in [7, 11) is 1.97. The van der Waals surface area contributed by atoms with Crippen molar-refractivity contribution in [3.63, 3.8) is 0 Å². The lowest BCUT2D eigenvalue weighted by Crippen LogP contribution is -2.19. The highest BCUT2D eigenvalue weighted by molar-refractivity contribution is 5.21. The summed E-state index contributed by atoms with van der Waals surface area (Å²) in [6.45, 7) is 10.3. The molecule has 0 bridgehead atoms. The van der Waals surface area contributed by atoms with Crippen LogP contribution in [0.5, 0.6) is 0 Å². The van der Waals surface area contributed by atoms with Gasteiger partial charge in [-0.05, 0) is 27.7 Å². The highest BCUT2D eigenvalue weighted by Crippen LogP contribution is 2.17. The lowest BCUT2D eigenvalue weighted by Gasteiger charge is -2.13. The number of hydrogen-bond donors (Lipinski definition) is 1. The van der Waals surface area contributed by atoms with E-state index in [4.69, 9.17) is 0 Å². The second-order valence-corrected chi connectivity index (χ2v) is 4.98. The number of hydrogen-bond acceptors (Lipinski definition) is 3. The zero-order valence-corrected chi connectivity index (χ0v) is 12.4. The van der Waals surface area contributed by atoms with Gasteiger partial charge in [0.2, 0.25) is 0 Å². The molecular formula is C14H23N5. The maximum atomic E-state index is 4.39. The zero-order valence-electron chi connectivity index (χ0n) is 12.4. The number of nitrogens with zero attached hydrogens (tertiary/aromatic N) is 4. The summed E-state index contributed by atoms with van der Waals surface area (Å²) in [5.41, 5.74) is 4.96. The van der Waals surface area contributed by atoms with E-state index in [1.807, 2.05) is 28.8 Å². The Balaban J connectivity index is 2.03. The van der Waals surface area contributed by atoms with E-state index in [1.165, 1.54) is 22.5 Å². The Hall–Kier alpha value is -1.62. The largest absolute Gasteiger partial charge is 0.306 e. The summed E-state index contributed by atoms with van der Waals surface area (Å²) in [6.07, 6.45) is 3.89. The van der Waals surface area contributed by atoms with Crippen LogP contribution in [-0.4, -0.2) is 19.6 Å². The third kappa shape index (κ3) is 2.71. The molecule has 2 aromatic rings. The minimum atomic E-state index is 0.292. The van der Waals surface area contributed by atoms with Gasteiger partial charge in [-0.3, -0.25) is 9.36 Å². The first kappa shape index (κ1) is 13.8. The lowest BCUT2D eigenvalue weighted by atomic mass is 10.1. The second-order valence-electron chi connectivity index (χ2n) is 4.98. The van der Waals surface area contributed by atoms with Gasteiger partial charge in [-0.25, -0.2) is 0 Å². The Morgan fingerprint density at radius 1 is 1.21 bits per heavy atom. The third-order valence-electron chi connectivity index (χ3n) is 3.84. The first-order valence-corrected chi connectivity index (χ1v) is 6.77. The van der Waals surface area contributed by atoms with Gasteiger partial charge in [0, 0.05) is 48.7 Å². The van der Waals surface area contributed by atoms with E-state index in [-0.39, 0.29) is 0 Å². The summed E-state index contributed by atoms with van der Waals surface area (Å²) < 4.78 is 3.94. The maximum absolute atomic E-state index is 4.39. The quantitative estimate of drug-likeness (QED) is 0.896. The van der Waals surface area contributed by atoms with E-state index in [1.54, 1.807) is 0 Å². The molecule has 0 amide bonds. The minimum Gasteiger partial charge on any atom is -0.306 e. The fourth-order valence-corrected chi connectivity index (χ4v) is 2.30. The predicted octanol–water partition coefficient (Wildman–Crippen LogP) is 2.10. The van der Waals surface area contributed by atoms with E-state index in [0.29, 0.717) is 6.04 Å². The Kier molecular flexibility index (Phi) is 4.04. The normalized spacial score (nSPS) is 12.9. The van der Waals surface area contributed by atoms with Crippen molar-refractivity contribution in [3.8, 4) is 0 Å². The molecule has 0 saturated carbocycles. The van der Waals surface area contributed by atoms with Crippen LogP contribution >= 0.6 is 0 Å². The van der Waals surface area contributed by atoms with Gasteiger partial charge >= 0.3 is 0 Å². The third-order valence-corrected chi connectivity index (χ3v) is 3.84. The van der Waals surface area contributed by atoms with Crippen LogP contribution in [0.15, 0.2) is 12.4 Å². The van der Waals surface area contributed by atoms with Crippen molar-refractivity contribution in [2.75, 3.05) is 0 Å². The molecule has 1 unspecified atom stereocenters. The number of nitrogens with one attached hydrogen (secondary N) is 1. The molecule has 19 heavy (non-hydrogen) atoms. The van der Waals surface area contributed by atoms with Crippen LogP contribution in [0.25, 0.3) is 0 Å².